The molecule has 0 heterocycles. The number of nitrogens with zero attached hydrogens (tertiary/aromatic N) is 6. The van der Waals surface area contributed by atoms with Crippen molar-refractivity contribution in [2.45, 2.75) is 6.92 Å². The molecule has 0 fully saturated rings. The summed E-state index contributed by atoms with van der Waals surface area (Å²) in [6.45, 7) is 0.885. The second kappa shape index (κ2) is 5.79. The molecule has 0 spiro atoms. The molecule has 0 bridgehead atoms. The van der Waals surface area contributed by atoms with Crippen LogP contribution in [0.4, 0.5) is 22.7 Å². The van der Waals surface area contributed by atoms with Gasteiger partial charge in [0.1, 0.15) is 0 Å². The SMILES string of the molecule is Cc1cc(N([N+](=O)[O-])[N+](=O)[O-])c([N+](=O)[O-])c([N+](=O)[O-])c1[N+](=O)[O-]. The van der Waals surface area contributed by atoms with Gasteiger partial charge in [0, 0.05) is 5.56 Å². The number of anilines is 1. The van der Waals surface area contributed by atoms with Crippen molar-refractivity contribution in [3.05, 3.63) is 62.2 Å². The van der Waals surface area contributed by atoms with E-state index in [2.05, 4.69) is 0 Å². The van der Waals surface area contributed by atoms with Crippen molar-refractivity contribution < 1.29 is 24.8 Å². The van der Waals surface area contributed by atoms with Gasteiger partial charge < -0.3 is 0 Å². The van der Waals surface area contributed by atoms with E-state index < -0.39 is 58.3 Å². The normalized spacial score (nSPS) is 9.96. The third kappa shape index (κ3) is 2.89. The summed E-state index contributed by atoms with van der Waals surface area (Å²) in [7, 11) is 0. The lowest BCUT2D eigenvalue weighted by molar-refractivity contribution is -0.712. The van der Waals surface area contributed by atoms with E-state index in [1.807, 2.05) is 0 Å². The van der Waals surface area contributed by atoms with Crippen LogP contribution in [0.3, 0.4) is 0 Å². The average Bonchev–Trinajstić information content (AvgIpc) is 2.35. The van der Waals surface area contributed by atoms with Gasteiger partial charge in [-0.25, -0.2) is 20.2 Å². The first-order valence-electron chi connectivity index (χ1n) is 5.20. The largest absolute Gasteiger partial charge is 0.425 e. The number of nitro groups is 5. The Morgan fingerprint density at radius 3 is 1.43 bits per heavy atom. The summed E-state index contributed by atoms with van der Waals surface area (Å²) in [5, 5.41) is 49.9. The highest BCUT2D eigenvalue weighted by Crippen LogP contribution is 2.45. The molecule has 16 nitrogen and oxygen atoms in total. The Kier molecular flexibility index (Phi) is 4.30. The highest BCUT2D eigenvalue weighted by Gasteiger charge is 2.48. The van der Waals surface area contributed by atoms with Gasteiger partial charge in [-0.3, -0.25) is 30.3 Å². The Balaban J connectivity index is 4.05. The van der Waals surface area contributed by atoms with Crippen LogP contribution in [0.25, 0.3) is 0 Å². The van der Waals surface area contributed by atoms with Crippen molar-refractivity contribution in [2.75, 3.05) is 5.12 Å². The van der Waals surface area contributed by atoms with Gasteiger partial charge in [-0.05, 0) is 13.0 Å². The lowest BCUT2D eigenvalue weighted by Crippen LogP contribution is -2.36. The number of hydrogen-bond acceptors (Lipinski definition) is 10. The van der Waals surface area contributed by atoms with E-state index >= 15 is 0 Å². The van der Waals surface area contributed by atoms with Crippen LogP contribution in [0.1, 0.15) is 5.56 Å². The van der Waals surface area contributed by atoms with Crippen molar-refractivity contribution in [3.63, 3.8) is 0 Å². The Hall–Kier alpha value is -3.98. The molecule has 23 heavy (non-hydrogen) atoms. The van der Waals surface area contributed by atoms with Gasteiger partial charge in [-0.1, -0.05) is 0 Å². The van der Waals surface area contributed by atoms with Crippen LogP contribution in [0.15, 0.2) is 6.07 Å². The number of hydrazine groups is 2. The molecule has 0 radical (unpaired) electrons. The minimum atomic E-state index is -1.74. The van der Waals surface area contributed by atoms with Gasteiger partial charge in [0.15, 0.2) is 0 Å². The number of hydrogen-bond donors (Lipinski definition) is 0. The molecule has 0 saturated heterocycles. The maximum Gasteiger partial charge on any atom is 0.425 e. The lowest BCUT2D eigenvalue weighted by Gasteiger charge is -2.06. The Morgan fingerprint density at radius 1 is 0.739 bits per heavy atom. The maximum absolute atomic E-state index is 11.0. The highest BCUT2D eigenvalue weighted by atomic mass is 16.8. The number of benzene rings is 1. The molecule has 1 rings (SSSR count). The molecular formula is C7H4N6O10. The fourth-order valence-corrected chi connectivity index (χ4v) is 1.73. The van der Waals surface area contributed by atoms with E-state index in [0.29, 0.717) is 6.07 Å². The first-order chi connectivity index (χ1) is 10.5. The van der Waals surface area contributed by atoms with E-state index in [4.69, 9.17) is 0 Å². The first-order valence-corrected chi connectivity index (χ1v) is 5.20. The Labute approximate surface area is 123 Å². The minimum absolute atomic E-state index is 0.384. The topological polar surface area (TPSA) is 219 Å². The van der Waals surface area contributed by atoms with Gasteiger partial charge in [0.25, 0.3) is 5.69 Å². The fraction of sp³-hybridized carbons (Fsp3) is 0.143. The Bertz CT molecular complexity index is 745. The van der Waals surface area contributed by atoms with Crippen molar-refractivity contribution in [1.29, 1.82) is 0 Å². The molecule has 0 N–H and O–H groups in total. The predicted octanol–water partition coefficient (Wildman–Crippen LogP) is 0.909. The van der Waals surface area contributed by atoms with E-state index in [1.165, 1.54) is 0 Å². The number of rotatable bonds is 6. The molecule has 0 saturated carbocycles. The smallest absolute Gasteiger partial charge is 0.258 e. The third-order valence-electron chi connectivity index (χ3n) is 2.49. The molecule has 0 amide bonds. The van der Waals surface area contributed by atoms with Crippen LogP contribution >= 0.6 is 0 Å². The van der Waals surface area contributed by atoms with Crippen LogP contribution < -0.4 is 5.12 Å². The summed E-state index contributed by atoms with van der Waals surface area (Å²) in [6, 6.07) is 0.384. The zero-order valence-corrected chi connectivity index (χ0v) is 10.8. The summed E-state index contributed by atoms with van der Waals surface area (Å²) < 4.78 is 0. The lowest BCUT2D eigenvalue weighted by atomic mass is 10.1. The molecular weight excluding hydrogens is 328 g/mol. The summed E-state index contributed by atoms with van der Waals surface area (Å²) in [5.74, 6) is 0. The van der Waals surface area contributed by atoms with Crippen LogP contribution in [-0.2, 0) is 0 Å². The van der Waals surface area contributed by atoms with E-state index in [1.54, 1.807) is 0 Å². The second-order valence-corrected chi connectivity index (χ2v) is 3.79. The molecule has 0 unspecified atom stereocenters. The van der Waals surface area contributed by atoms with Crippen molar-refractivity contribution in [3.8, 4) is 0 Å². The number of nitro benzene ring substituents is 3. The molecule has 0 atom stereocenters. The zero-order valence-electron chi connectivity index (χ0n) is 10.8. The van der Waals surface area contributed by atoms with Crippen LogP contribution in [0.5, 0.6) is 0 Å². The first kappa shape index (κ1) is 17.1. The van der Waals surface area contributed by atoms with Gasteiger partial charge in [-0.15, -0.1) is 0 Å². The standard InChI is InChI=1S/C7H4N6O10/c1-3-2-4(8(12(20)21)13(22)23)6(10(16)17)7(11(18)19)5(3)9(14)15/h2H,1H3. The van der Waals surface area contributed by atoms with Crippen molar-refractivity contribution in [1.82, 2.24) is 0 Å². The molecule has 1 aromatic carbocycles. The van der Waals surface area contributed by atoms with Gasteiger partial charge in [0.05, 0.1) is 14.8 Å². The third-order valence-corrected chi connectivity index (χ3v) is 2.49. The number of aryl methyl sites for hydroxylation is 1. The summed E-state index contributed by atoms with van der Waals surface area (Å²) in [5.41, 5.74) is -6.71. The summed E-state index contributed by atoms with van der Waals surface area (Å²) in [6.07, 6.45) is 0. The monoisotopic (exact) mass is 332 g/mol. The fourth-order valence-electron chi connectivity index (χ4n) is 1.73. The van der Waals surface area contributed by atoms with Crippen LogP contribution in [0.2, 0.25) is 0 Å². The zero-order chi connectivity index (χ0) is 18.1. The predicted molar refractivity (Wildman–Crippen MR) is 67.6 cm³/mol. The molecule has 1 aromatic rings. The van der Waals surface area contributed by atoms with Gasteiger partial charge >= 0.3 is 17.1 Å². The van der Waals surface area contributed by atoms with Crippen molar-refractivity contribution >= 4 is 22.7 Å². The molecule has 122 valence electrons. The van der Waals surface area contributed by atoms with E-state index in [9.17, 15) is 50.6 Å². The molecule has 0 aliphatic heterocycles. The molecule has 0 aliphatic rings. The summed E-state index contributed by atoms with van der Waals surface area (Å²) >= 11 is 0. The van der Waals surface area contributed by atoms with E-state index in [-0.39, 0.29) is 0 Å². The van der Waals surface area contributed by atoms with Gasteiger partial charge in [-0.2, -0.15) is 0 Å². The minimum Gasteiger partial charge on any atom is -0.258 e. The van der Waals surface area contributed by atoms with Gasteiger partial charge in [0.2, 0.25) is 15.2 Å². The summed E-state index contributed by atoms with van der Waals surface area (Å²) in [4.78, 5) is 49.8. The van der Waals surface area contributed by atoms with E-state index in [0.717, 1.165) is 6.92 Å². The highest BCUT2D eigenvalue weighted by molar-refractivity contribution is 5.80. The Morgan fingerprint density at radius 2 is 1.13 bits per heavy atom. The molecule has 16 heteroatoms. The average molecular weight is 332 g/mol. The quantitative estimate of drug-likeness (QED) is 0.525. The van der Waals surface area contributed by atoms with Crippen molar-refractivity contribution in [2.24, 2.45) is 0 Å². The maximum atomic E-state index is 11.0. The molecule has 0 aromatic heterocycles. The second-order valence-electron chi connectivity index (χ2n) is 3.79. The van der Waals surface area contributed by atoms with Crippen LogP contribution in [0, 0.1) is 57.5 Å². The van der Waals surface area contributed by atoms with Crippen LogP contribution in [-0.4, -0.2) is 24.8 Å². The molecule has 0 aliphatic carbocycles.